The number of carbonyl (C=O) groups is 1. The summed E-state index contributed by atoms with van der Waals surface area (Å²) < 4.78 is 37.3. The number of hydrogen-bond acceptors (Lipinski definition) is 6. The summed E-state index contributed by atoms with van der Waals surface area (Å²) in [6.45, 7) is 0.672. The van der Waals surface area contributed by atoms with Crippen LogP contribution in [0.4, 0.5) is 4.79 Å². The van der Waals surface area contributed by atoms with Crippen molar-refractivity contribution in [3.8, 4) is 11.5 Å². The van der Waals surface area contributed by atoms with E-state index >= 15 is 0 Å². The molecule has 0 saturated carbocycles. The van der Waals surface area contributed by atoms with Gasteiger partial charge in [0.1, 0.15) is 23.9 Å². The molecule has 0 spiro atoms. The summed E-state index contributed by atoms with van der Waals surface area (Å²) in [4.78, 5) is 15.2. The van der Waals surface area contributed by atoms with Gasteiger partial charge in [0.15, 0.2) is 0 Å². The van der Waals surface area contributed by atoms with Gasteiger partial charge in [-0.15, -0.1) is 0 Å². The van der Waals surface area contributed by atoms with Crippen LogP contribution in [0.3, 0.4) is 0 Å². The Morgan fingerprint density at radius 2 is 1.23 bits per heavy atom. The molecule has 5 rings (SSSR count). The monoisotopic (exact) mass is 597 g/mol. The minimum absolute atomic E-state index is 0.0331. The maximum absolute atomic E-state index is 13.9. The number of ether oxygens (including phenoxy) is 1. The van der Waals surface area contributed by atoms with Gasteiger partial charge in [-0.1, -0.05) is 97.1 Å². The molecule has 0 radical (unpaired) electrons. The van der Waals surface area contributed by atoms with Crippen LogP contribution >= 0.6 is 7.82 Å². The van der Waals surface area contributed by atoms with Crippen LogP contribution in [0, 0.1) is 0 Å². The molecule has 222 valence electrons. The largest absolute Gasteiger partial charge is 0.646 e. The van der Waals surface area contributed by atoms with Gasteiger partial charge in [0, 0.05) is 19.0 Å². The molecule has 0 saturated heterocycles. The van der Waals surface area contributed by atoms with Crippen LogP contribution in [0.1, 0.15) is 43.2 Å². The lowest BCUT2D eigenvalue weighted by Crippen LogP contribution is -2.40. The first kappa shape index (κ1) is 30.0. The Morgan fingerprint density at radius 1 is 0.698 bits per heavy atom. The molecule has 4 aromatic rings. The smallest absolute Gasteiger partial charge is 0.445 e. The lowest BCUT2D eigenvalue weighted by Gasteiger charge is -2.32. The van der Waals surface area contributed by atoms with Crippen LogP contribution in [0.25, 0.3) is 0 Å². The number of phosphoric ester groups is 1. The van der Waals surface area contributed by atoms with Gasteiger partial charge in [-0.3, -0.25) is 0 Å². The minimum Gasteiger partial charge on any atom is -0.445 e. The summed E-state index contributed by atoms with van der Waals surface area (Å²) in [6.07, 6.45) is 4.88. The van der Waals surface area contributed by atoms with Crippen molar-refractivity contribution < 1.29 is 27.7 Å². The zero-order valence-corrected chi connectivity index (χ0v) is 24.9. The lowest BCUT2D eigenvalue weighted by molar-refractivity contribution is 0.0722. The highest BCUT2D eigenvalue weighted by atomic mass is 31.2. The van der Waals surface area contributed by atoms with E-state index in [0.29, 0.717) is 49.5 Å². The molecule has 1 amide bonds. The summed E-state index contributed by atoms with van der Waals surface area (Å²) >= 11 is 0. The van der Waals surface area contributed by atoms with E-state index in [1.807, 2.05) is 83.8 Å². The van der Waals surface area contributed by atoms with Crippen molar-refractivity contribution >= 4 is 13.9 Å². The van der Waals surface area contributed by atoms with E-state index in [1.165, 1.54) is 0 Å². The molecular weight excluding hydrogens is 561 g/mol. The second kappa shape index (κ2) is 15.1. The van der Waals surface area contributed by atoms with Crippen molar-refractivity contribution in [3.05, 3.63) is 144 Å². The van der Waals surface area contributed by atoms with Crippen molar-refractivity contribution in [3.63, 3.8) is 0 Å². The molecule has 7 nitrogen and oxygen atoms in total. The number of hydrogen-bond donors (Lipinski definition) is 0. The molecule has 1 aliphatic rings. The SMILES string of the molecule is O=C(OCc1ccccc1)N(Cc1ccccc1)[C@H]1CCC=C(OP(=O)(Oc2ccccc2)Oc2ccccc2)CCC1. The molecule has 1 aliphatic carbocycles. The van der Waals surface area contributed by atoms with Crippen molar-refractivity contribution in [1.82, 2.24) is 4.90 Å². The second-order valence-electron chi connectivity index (χ2n) is 10.3. The molecule has 0 N–H and O–H groups in total. The third kappa shape index (κ3) is 9.25. The number of allylic oxidation sites excluding steroid dienone is 2. The van der Waals surface area contributed by atoms with E-state index in [0.717, 1.165) is 17.5 Å². The van der Waals surface area contributed by atoms with Crippen molar-refractivity contribution in [2.45, 2.75) is 51.3 Å². The molecular formula is C35H36NO6P. The zero-order valence-electron chi connectivity index (χ0n) is 24.0. The van der Waals surface area contributed by atoms with Crippen LogP contribution in [0.5, 0.6) is 11.5 Å². The molecule has 0 unspecified atom stereocenters. The van der Waals surface area contributed by atoms with E-state index in [2.05, 4.69) is 0 Å². The molecule has 0 bridgehead atoms. The standard InChI is InChI=1S/C35H36NO6P/c37-35(39-28-30-17-7-2-8-18-30)36(27-29-15-5-1-6-16-29)31-19-13-25-34(26-14-20-31)42-43(38,40-32-21-9-3-10-22-32)41-33-23-11-4-12-24-33/h1-12,15-18,21-25,31H,13-14,19-20,26-28H2/t31-/m0/s1. The first-order valence-corrected chi connectivity index (χ1v) is 16.0. The Labute approximate surface area is 253 Å². The predicted molar refractivity (Wildman–Crippen MR) is 166 cm³/mol. The first-order chi connectivity index (χ1) is 21.1. The minimum atomic E-state index is -4.05. The van der Waals surface area contributed by atoms with E-state index < -0.39 is 7.82 Å². The van der Waals surface area contributed by atoms with Gasteiger partial charge in [0.25, 0.3) is 0 Å². The predicted octanol–water partition coefficient (Wildman–Crippen LogP) is 9.32. The number of rotatable bonds is 11. The molecule has 0 heterocycles. The number of amides is 1. The number of nitrogens with zero attached hydrogens (tertiary/aromatic N) is 1. The lowest BCUT2D eigenvalue weighted by atomic mass is 9.98. The van der Waals surface area contributed by atoms with Crippen LogP contribution < -0.4 is 9.05 Å². The summed E-state index contributed by atoms with van der Waals surface area (Å²) in [5.74, 6) is 1.33. The molecule has 0 aromatic heterocycles. The quantitative estimate of drug-likeness (QED) is 0.160. The Hall–Kier alpha value is -4.48. The average molecular weight is 598 g/mol. The average Bonchev–Trinajstić information content (AvgIpc) is 3.02. The highest BCUT2D eigenvalue weighted by molar-refractivity contribution is 7.49. The summed E-state index contributed by atoms with van der Waals surface area (Å²) in [6, 6.07) is 37.3. The van der Waals surface area contributed by atoms with E-state index in [-0.39, 0.29) is 18.7 Å². The first-order valence-electron chi connectivity index (χ1n) is 14.6. The van der Waals surface area contributed by atoms with Gasteiger partial charge in [-0.2, -0.15) is 4.57 Å². The highest BCUT2D eigenvalue weighted by Crippen LogP contribution is 2.52. The van der Waals surface area contributed by atoms with E-state index in [4.69, 9.17) is 18.3 Å². The summed E-state index contributed by atoms with van der Waals surface area (Å²) in [5, 5.41) is 0. The maximum atomic E-state index is 13.9. The van der Waals surface area contributed by atoms with Gasteiger partial charge < -0.3 is 23.2 Å². The maximum Gasteiger partial charge on any atom is 0.646 e. The topological polar surface area (TPSA) is 74.3 Å². The number of benzene rings is 4. The van der Waals surface area contributed by atoms with Crippen LogP contribution in [-0.2, 0) is 27.0 Å². The van der Waals surface area contributed by atoms with Crippen molar-refractivity contribution in [2.75, 3.05) is 0 Å². The van der Waals surface area contributed by atoms with Crippen LogP contribution in [-0.4, -0.2) is 17.0 Å². The Morgan fingerprint density at radius 3 is 1.81 bits per heavy atom. The van der Waals surface area contributed by atoms with Crippen molar-refractivity contribution in [2.24, 2.45) is 0 Å². The van der Waals surface area contributed by atoms with E-state index in [1.54, 1.807) is 48.5 Å². The molecule has 43 heavy (non-hydrogen) atoms. The van der Waals surface area contributed by atoms with Gasteiger partial charge in [0.2, 0.25) is 0 Å². The normalized spacial score (nSPS) is 15.3. The number of phosphoric acid groups is 1. The molecule has 0 aliphatic heterocycles. The number of para-hydroxylation sites is 2. The molecule has 1 atom stereocenters. The van der Waals surface area contributed by atoms with E-state index in [9.17, 15) is 9.36 Å². The summed E-state index contributed by atoms with van der Waals surface area (Å²) in [7, 11) is -4.05. The Bertz CT molecular complexity index is 1450. The third-order valence-corrected chi connectivity index (χ3v) is 8.39. The van der Waals surface area contributed by atoms with Crippen molar-refractivity contribution in [1.29, 1.82) is 0 Å². The Balaban J connectivity index is 1.28. The second-order valence-corrected chi connectivity index (χ2v) is 11.7. The van der Waals surface area contributed by atoms with Crippen LogP contribution in [0.15, 0.2) is 133 Å². The van der Waals surface area contributed by atoms with Gasteiger partial charge in [-0.25, -0.2) is 4.79 Å². The Kier molecular flexibility index (Phi) is 10.5. The fraction of sp³-hybridized carbons (Fsp3) is 0.229. The van der Waals surface area contributed by atoms with Gasteiger partial charge in [0.05, 0.1) is 0 Å². The molecule has 0 fully saturated rings. The molecule has 4 aromatic carbocycles. The highest BCUT2D eigenvalue weighted by Gasteiger charge is 2.34. The number of carbonyl (C=O) groups excluding carboxylic acids is 1. The zero-order chi connectivity index (χ0) is 29.7. The fourth-order valence-corrected chi connectivity index (χ4v) is 6.26. The van der Waals surface area contributed by atoms with Crippen LogP contribution in [0.2, 0.25) is 0 Å². The fourth-order valence-electron chi connectivity index (χ4n) is 4.94. The van der Waals surface area contributed by atoms with Gasteiger partial charge >= 0.3 is 13.9 Å². The van der Waals surface area contributed by atoms with Gasteiger partial charge in [-0.05, 0) is 67.2 Å². The molecule has 8 heteroatoms. The third-order valence-electron chi connectivity index (χ3n) is 7.06. The summed E-state index contributed by atoms with van der Waals surface area (Å²) in [5.41, 5.74) is 1.98.